The molecule has 1 aromatic carbocycles. The van der Waals surface area contributed by atoms with Crippen molar-refractivity contribution in [3.63, 3.8) is 0 Å². The first-order valence-corrected chi connectivity index (χ1v) is 7.35. The molecular weight excluding hydrogens is 368 g/mol. The largest absolute Gasteiger partial charge is 1.00 e. The first-order valence-electron chi connectivity index (χ1n) is 6.55. The molecule has 1 atom stereocenters. The fourth-order valence-corrected chi connectivity index (χ4v) is 2.24. The van der Waals surface area contributed by atoms with Crippen LogP contribution in [0.1, 0.15) is 30.2 Å². The molecule has 1 unspecified atom stereocenters. The van der Waals surface area contributed by atoms with Crippen LogP contribution < -0.4 is 22.3 Å². The molecule has 0 aliphatic rings. The molecular formula is C16H16BrClN2O2. The van der Waals surface area contributed by atoms with Gasteiger partial charge in [0.25, 0.3) is 0 Å². The third-order valence-corrected chi connectivity index (χ3v) is 3.66. The van der Waals surface area contributed by atoms with Crippen LogP contribution in [0.25, 0.3) is 0 Å². The fraction of sp³-hybridized carbons (Fsp3) is 0.188. The van der Waals surface area contributed by atoms with Crippen molar-refractivity contribution < 1.29 is 26.6 Å². The van der Waals surface area contributed by atoms with E-state index >= 15 is 0 Å². The number of anilines is 1. The van der Waals surface area contributed by atoms with E-state index in [-0.39, 0.29) is 30.1 Å². The number of nitrogens with zero attached hydrogens (tertiary/aromatic N) is 1. The number of nitrogens with one attached hydrogen (secondary N) is 1. The highest BCUT2D eigenvalue weighted by Gasteiger charge is 2.23. The van der Waals surface area contributed by atoms with Crippen LogP contribution in [0.5, 0.6) is 0 Å². The summed E-state index contributed by atoms with van der Waals surface area (Å²) in [5.74, 6) is -0.0773. The highest BCUT2D eigenvalue weighted by atomic mass is 79.9. The Morgan fingerprint density at radius 1 is 1.09 bits per heavy atom. The van der Waals surface area contributed by atoms with Gasteiger partial charge in [-0.3, -0.25) is 9.59 Å². The number of halogens is 2. The van der Waals surface area contributed by atoms with Gasteiger partial charge in [0.05, 0.1) is 5.69 Å². The van der Waals surface area contributed by atoms with Crippen molar-refractivity contribution in [3.8, 4) is 0 Å². The summed E-state index contributed by atoms with van der Waals surface area (Å²) in [5, 5.41) is 2.70. The van der Waals surface area contributed by atoms with Gasteiger partial charge in [-0.1, -0.05) is 28.1 Å². The number of pyridine rings is 1. The molecule has 116 valence electrons. The van der Waals surface area contributed by atoms with Crippen molar-refractivity contribution in [3.05, 3.63) is 58.8 Å². The average molecular weight is 384 g/mol. The maximum Gasteiger partial charge on any atom is 0.230 e. The molecule has 6 heteroatoms. The van der Waals surface area contributed by atoms with Gasteiger partial charge < -0.3 is 17.7 Å². The van der Waals surface area contributed by atoms with E-state index in [0.29, 0.717) is 11.3 Å². The van der Waals surface area contributed by atoms with Crippen LogP contribution in [-0.4, -0.2) is 11.7 Å². The standard InChI is InChI=1S/C16H15BrN2O2.ClH/c1-11(16(21)13-3-5-14(17)6-4-13)19-9-7-15(8-10-19)18-12(2)20;/h3-11H,1-2H3;1H. The first kappa shape index (κ1) is 18.3. The fourth-order valence-electron chi connectivity index (χ4n) is 1.97. The third-order valence-electron chi connectivity index (χ3n) is 3.13. The van der Waals surface area contributed by atoms with E-state index in [4.69, 9.17) is 0 Å². The maximum atomic E-state index is 12.4. The molecule has 0 aliphatic carbocycles. The van der Waals surface area contributed by atoms with E-state index in [2.05, 4.69) is 21.2 Å². The number of benzene rings is 1. The van der Waals surface area contributed by atoms with Crippen LogP contribution in [0.15, 0.2) is 53.3 Å². The summed E-state index contributed by atoms with van der Waals surface area (Å²) in [4.78, 5) is 23.4. The Morgan fingerprint density at radius 2 is 1.64 bits per heavy atom. The van der Waals surface area contributed by atoms with Gasteiger partial charge >= 0.3 is 0 Å². The van der Waals surface area contributed by atoms with E-state index in [1.165, 1.54) is 6.92 Å². The lowest BCUT2D eigenvalue weighted by molar-refractivity contribution is -0.704. The predicted molar refractivity (Wildman–Crippen MR) is 84.1 cm³/mol. The number of rotatable bonds is 4. The second kappa shape index (κ2) is 8.06. The van der Waals surface area contributed by atoms with Crippen LogP contribution in [0.2, 0.25) is 0 Å². The van der Waals surface area contributed by atoms with Crippen LogP contribution in [0, 0.1) is 0 Å². The normalized spacial score (nSPS) is 11.2. The smallest absolute Gasteiger partial charge is 0.230 e. The van der Waals surface area contributed by atoms with Gasteiger partial charge in [0.2, 0.25) is 17.7 Å². The molecule has 0 bridgehead atoms. The Kier molecular flexibility index (Phi) is 6.71. The summed E-state index contributed by atoms with van der Waals surface area (Å²) >= 11 is 3.35. The van der Waals surface area contributed by atoms with E-state index in [1.54, 1.807) is 36.7 Å². The van der Waals surface area contributed by atoms with Crippen molar-refractivity contribution >= 4 is 33.3 Å². The van der Waals surface area contributed by atoms with Gasteiger partial charge in [-0.05, 0) is 12.1 Å². The lowest BCUT2D eigenvalue weighted by Gasteiger charge is -2.07. The molecule has 2 aromatic rings. The van der Waals surface area contributed by atoms with Crippen LogP contribution in [0.3, 0.4) is 0 Å². The van der Waals surface area contributed by atoms with Crippen LogP contribution in [-0.2, 0) is 4.79 Å². The van der Waals surface area contributed by atoms with Crippen molar-refractivity contribution in [2.45, 2.75) is 19.9 Å². The number of amides is 1. The molecule has 0 radical (unpaired) electrons. The van der Waals surface area contributed by atoms with Gasteiger partial charge in [-0.15, -0.1) is 0 Å². The molecule has 1 heterocycles. The second-order valence-electron chi connectivity index (χ2n) is 4.76. The Labute approximate surface area is 144 Å². The number of Topliss-reactive ketones (excluding diaryl/α,β-unsaturated/α-hetero) is 1. The molecule has 4 nitrogen and oxygen atoms in total. The van der Waals surface area contributed by atoms with Crippen molar-refractivity contribution in [2.75, 3.05) is 5.32 Å². The van der Waals surface area contributed by atoms with Crippen molar-refractivity contribution in [1.82, 2.24) is 0 Å². The van der Waals surface area contributed by atoms with Gasteiger partial charge in [0.15, 0.2) is 12.4 Å². The first-order chi connectivity index (χ1) is 9.97. The third kappa shape index (κ3) is 4.64. The molecule has 0 aliphatic heterocycles. The zero-order valence-corrected chi connectivity index (χ0v) is 14.6. The van der Waals surface area contributed by atoms with Gasteiger partial charge in [-0.25, -0.2) is 0 Å². The zero-order chi connectivity index (χ0) is 15.4. The lowest BCUT2D eigenvalue weighted by Crippen LogP contribution is -3.00. The second-order valence-corrected chi connectivity index (χ2v) is 5.68. The summed E-state index contributed by atoms with van der Waals surface area (Å²) in [6.45, 7) is 3.31. The number of carbonyl (C=O) groups excluding carboxylic acids is 2. The number of hydrogen-bond donors (Lipinski definition) is 1. The molecule has 1 amide bonds. The number of aromatic nitrogens is 1. The van der Waals surface area contributed by atoms with E-state index in [9.17, 15) is 9.59 Å². The minimum atomic E-state index is -0.308. The SMILES string of the molecule is CC(=O)Nc1cc[n+](C(C)C(=O)c2ccc(Br)cc2)cc1.[Cl-]. The molecule has 1 aromatic heterocycles. The summed E-state index contributed by atoms with van der Waals surface area (Å²) in [7, 11) is 0. The molecule has 0 saturated heterocycles. The Balaban J connectivity index is 0.00000242. The lowest BCUT2D eigenvalue weighted by atomic mass is 10.1. The maximum absolute atomic E-state index is 12.4. The van der Waals surface area contributed by atoms with Gasteiger partial charge in [-0.2, -0.15) is 4.57 Å². The number of carbonyl (C=O) groups is 2. The zero-order valence-electron chi connectivity index (χ0n) is 12.2. The molecule has 22 heavy (non-hydrogen) atoms. The minimum absolute atomic E-state index is 0. The van der Waals surface area contributed by atoms with E-state index < -0.39 is 0 Å². The highest BCUT2D eigenvalue weighted by molar-refractivity contribution is 9.10. The Morgan fingerprint density at radius 3 is 2.14 bits per heavy atom. The predicted octanol–water partition coefficient (Wildman–Crippen LogP) is 0.143. The average Bonchev–Trinajstić information content (AvgIpc) is 2.47. The summed E-state index contributed by atoms with van der Waals surface area (Å²) in [6, 6.07) is 10.5. The van der Waals surface area contributed by atoms with Crippen molar-refractivity contribution in [1.29, 1.82) is 0 Å². The number of hydrogen-bond acceptors (Lipinski definition) is 2. The van der Waals surface area contributed by atoms with Gasteiger partial charge in [0.1, 0.15) is 0 Å². The van der Waals surface area contributed by atoms with E-state index in [0.717, 1.165) is 4.47 Å². The molecule has 2 rings (SSSR count). The molecule has 0 spiro atoms. The summed E-state index contributed by atoms with van der Waals surface area (Å²) in [6.07, 6.45) is 3.57. The summed E-state index contributed by atoms with van der Waals surface area (Å²) < 4.78 is 2.76. The van der Waals surface area contributed by atoms with Crippen molar-refractivity contribution in [2.24, 2.45) is 0 Å². The quantitative estimate of drug-likeness (QED) is 0.603. The minimum Gasteiger partial charge on any atom is -1.00 e. The molecule has 1 N–H and O–H groups in total. The monoisotopic (exact) mass is 382 g/mol. The Bertz CT molecular complexity index is 657. The molecule has 0 fully saturated rings. The number of ketones is 1. The highest BCUT2D eigenvalue weighted by Crippen LogP contribution is 2.14. The topological polar surface area (TPSA) is 50.1 Å². The molecule has 0 saturated carbocycles. The van der Waals surface area contributed by atoms with Crippen LogP contribution in [0.4, 0.5) is 5.69 Å². The van der Waals surface area contributed by atoms with Crippen LogP contribution >= 0.6 is 15.9 Å². The van der Waals surface area contributed by atoms with Gasteiger partial charge in [0, 0.05) is 36.0 Å². The summed E-state index contributed by atoms with van der Waals surface area (Å²) in [5.41, 5.74) is 1.38. The van der Waals surface area contributed by atoms with E-state index in [1.807, 2.05) is 23.6 Å². The Hall–Kier alpha value is -1.72.